The van der Waals surface area contributed by atoms with Gasteiger partial charge in [0.15, 0.2) is 0 Å². The number of anilines is 1. The lowest BCUT2D eigenvalue weighted by molar-refractivity contribution is -0.133. The molecule has 1 N–H and O–H groups in total. The van der Waals surface area contributed by atoms with Crippen molar-refractivity contribution in [3.63, 3.8) is 0 Å². The first kappa shape index (κ1) is 20.9. The largest absolute Gasteiger partial charge is 0.497 e. The van der Waals surface area contributed by atoms with Crippen LogP contribution in [-0.2, 0) is 16.0 Å². The predicted molar refractivity (Wildman–Crippen MR) is 114 cm³/mol. The van der Waals surface area contributed by atoms with Crippen LogP contribution in [0.2, 0.25) is 0 Å². The molecule has 1 aliphatic carbocycles. The van der Waals surface area contributed by atoms with Gasteiger partial charge in [0.05, 0.1) is 26.2 Å². The zero-order valence-corrected chi connectivity index (χ0v) is 17.4. The normalized spacial score (nSPS) is 15.5. The van der Waals surface area contributed by atoms with Gasteiger partial charge in [0.1, 0.15) is 5.75 Å². The SMILES string of the molecule is COc1cccc(NC(=O)CN(C)CC(=O)N(C)[C@H]2CCCc3ccccc32)c1. The summed E-state index contributed by atoms with van der Waals surface area (Å²) in [7, 11) is 5.23. The van der Waals surface area contributed by atoms with Crippen LogP contribution in [0, 0.1) is 0 Å². The van der Waals surface area contributed by atoms with E-state index in [-0.39, 0.29) is 30.9 Å². The first-order valence-corrected chi connectivity index (χ1v) is 9.94. The molecule has 1 aliphatic rings. The van der Waals surface area contributed by atoms with Crippen molar-refractivity contribution in [1.29, 1.82) is 0 Å². The number of amides is 2. The zero-order valence-electron chi connectivity index (χ0n) is 17.4. The summed E-state index contributed by atoms with van der Waals surface area (Å²) in [6.45, 7) is 0.332. The first-order chi connectivity index (χ1) is 14.0. The fourth-order valence-electron chi connectivity index (χ4n) is 3.85. The number of benzene rings is 2. The van der Waals surface area contributed by atoms with Gasteiger partial charge in [0, 0.05) is 18.8 Å². The molecule has 0 unspecified atom stereocenters. The maximum atomic E-state index is 12.8. The molecule has 0 heterocycles. The smallest absolute Gasteiger partial charge is 0.238 e. The van der Waals surface area contributed by atoms with E-state index >= 15 is 0 Å². The van der Waals surface area contributed by atoms with Gasteiger partial charge in [-0.2, -0.15) is 0 Å². The fourth-order valence-corrected chi connectivity index (χ4v) is 3.85. The molecule has 0 bridgehead atoms. The lowest BCUT2D eigenvalue weighted by Gasteiger charge is -2.34. The quantitative estimate of drug-likeness (QED) is 0.783. The highest BCUT2D eigenvalue weighted by molar-refractivity contribution is 5.92. The third kappa shape index (κ3) is 5.35. The van der Waals surface area contributed by atoms with Gasteiger partial charge >= 0.3 is 0 Å². The van der Waals surface area contributed by atoms with E-state index in [9.17, 15) is 9.59 Å². The van der Waals surface area contributed by atoms with E-state index in [0.717, 1.165) is 19.3 Å². The van der Waals surface area contributed by atoms with Gasteiger partial charge in [0.25, 0.3) is 0 Å². The van der Waals surface area contributed by atoms with Crippen molar-refractivity contribution in [2.45, 2.75) is 25.3 Å². The minimum atomic E-state index is -0.167. The van der Waals surface area contributed by atoms with Crippen molar-refractivity contribution in [3.05, 3.63) is 59.7 Å². The second kappa shape index (κ2) is 9.56. The Kier molecular flexibility index (Phi) is 6.88. The average Bonchev–Trinajstić information content (AvgIpc) is 2.72. The van der Waals surface area contributed by atoms with E-state index in [0.29, 0.717) is 11.4 Å². The molecule has 0 aromatic heterocycles. The summed E-state index contributed by atoms with van der Waals surface area (Å²) in [5.74, 6) is 0.531. The van der Waals surface area contributed by atoms with Gasteiger partial charge in [-0.15, -0.1) is 0 Å². The van der Waals surface area contributed by atoms with Crippen LogP contribution in [0.1, 0.15) is 30.0 Å². The summed E-state index contributed by atoms with van der Waals surface area (Å²) in [5.41, 5.74) is 3.24. The Labute approximate surface area is 172 Å². The second-order valence-corrected chi connectivity index (χ2v) is 7.56. The molecule has 0 saturated carbocycles. The van der Waals surface area contributed by atoms with Crippen LogP contribution in [0.15, 0.2) is 48.5 Å². The van der Waals surface area contributed by atoms with Gasteiger partial charge in [0.2, 0.25) is 11.8 Å². The number of hydrogen-bond donors (Lipinski definition) is 1. The van der Waals surface area contributed by atoms with Crippen molar-refractivity contribution < 1.29 is 14.3 Å². The van der Waals surface area contributed by atoms with E-state index in [2.05, 4.69) is 23.5 Å². The number of fused-ring (bicyclic) bond motifs is 1. The molecule has 0 fully saturated rings. The number of carbonyl (C=O) groups is 2. The highest BCUT2D eigenvalue weighted by atomic mass is 16.5. The summed E-state index contributed by atoms with van der Waals surface area (Å²) < 4.78 is 5.17. The third-order valence-corrected chi connectivity index (χ3v) is 5.37. The highest BCUT2D eigenvalue weighted by Gasteiger charge is 2.27. The lowest BCUT2D eigenvalue weighted by Crippen LogP contribution is -2.41. The van der Waals surface area contributed by atoms with Crippen molar-refractivity contribution >= 4 is 17.5 Å². The van der Waals surface area contributed by atoms with Gasteiger partial charge in [-0.05, 0) is 49.6 Å². The van der Waals surface area contributed by atoms with Crippen molar-refractivity contribution in [1.82, 2.24) is 9.80 Å². The number of nitrogens with zero attached hydrogens (tertiary/aromatic N) is 2. The Morgan fingerprint density at radius 1 is 1.10 bits per heavy atom. The molecule has 2 aromatic rings. The monoisotopic (exact) mass is 395 g/mol. The van der Waals surface area contributed by atoms with E-state index < -0.39 is 0 Å². The molecule has 154 valence electrons. The van der Waals surface area contributed by atoms with Crippen molar-refractivity contribution in [2.75, 3.05) is 39.6 Å². The molecule has 1 atom stereocenters. The summed E-state index contributed by atoms with van der Waals surface area (Å²) in [6.07, 6.45) is 3.12. The molecule has 6 heteroatoms. The fraction of sp³-hybridized carbons (Fsp3) is 0.391. The summed E-state index contributed by atoms with van der Waals surface area (Å²) in [4.78, 5) is 28.7. The summed E-state index contributed by atoms with van der Waals surface area (Å²) in [6, 6.07) is 15.7. The Morgan fingerprint density at radius 3 is 2.69 bits per heavy atom. The maximum absolute atomic E-state index is 12.8. The number of likely N-dealkylation sites (N-methyl/N-ethyl adjacent to an activating group) is 2. The molecule has 0 spiro atoms. The topological polar surface area (TPSA) is 61.9 Å². The van der Waals surface area contributed by atoms with Crippen LogP contribution in [0.5, 0.6) is 5.75 Å². The minimum Gasteiger partial charge on any atom is -0.497 e. The van der Waals surface area contributed by atoms with Crippen LogP contribution in [0.3, 0.4) is 0 Å². The molecular formula is C23H29N3O3. The predicted octanol–water partition coefficient (Wildman–Crippen LogP) is 3.10. The second-order valence-electron chi connectivity index (χ2n) is 7.56. The van der Waals surface area contributed by atoms with Gasteiger partial charge in [-0.25, -0.2) is 0 Å². The Bertz CT molecular complexity index is 868. The number of methoxy groups -OCH3 is 1. The minimum absolute atomic E-state index is 0.0170. The van der Waals surface area contributed by atoms with Crippen molar-refractivity contribution in [2.24, 2.45) is 0 Å². The number of ether oxygens (including phenoxy) is 1. The lowest BCUT2D eigenvalue weighted by atomic mass is 9.87. The van der Waals surface area contributed by atoms with Crippen molar-refractivity contribution in [3.8, 4) is 5.75 Å². The van der Waals surface area contributed by atoms with E-state index in [4.69, 9.17) is 4.74 Å². The first-order valence-electron chi connectivity index (χ1n) is 9.94. The zero-order chi connectivity index (χ0) is 20.8. The number of nitrogens with one attached hydrogen (secondary N) is 1. The molecule has 2 amide bonds. The number of aryl methyl sites for hydroxylation is 1. The molecule has 6 nitrogen and oxygen atoms in total. The number of rotatable bonds is 7. The molecule has 0 aliphatic heterocycles. The van der Waals surface area contributed by atoms with Crippen LogP contribution >= 0.6 is 0 Å². The summed E-state index contributed by atoms with van der Waals surface area (Å²) in [5, 5.41) is 2.84. The molecule has 2 aromatic carbocycles. The van der Waals surface area contributed by atoms with E-state index in [1.165, 1.54) is 11.1 Å². The molecule has 0 saturated heterocycles. The average molecular weight is 396 g/mol. The standard InChI is InChI=1S/C23H29N3O3/c1-25(15-22(27)24-18-10-7-11-19(14-18)29-3)16-23(28)26(2)21-13-6-9-17-8-4-5-12-20(17)21/h4-5,7-8,10-12,14,21H,6,9,13,15-16H2,1-3H3,(H,24,27)/t21-/m0/s1. The molecule has 29 heavy (non-hydrogen) atoms. The van der Waals surface area contributed by atoms with Gasteiger partial charge in [-0.1, -0.05) is 30.3 Å². The maximum Gasteiger partial charge on any atom is 0.238 e. The number of carbonyl (C=O) groups excluding carboxylic acids is 2. The Balaban J connectivity index is 1.54. The molecular weight excluding hydrogens is 366 g/mol. The van der Waals surface area contributed by atoms with Crippen LogP contribution < -0.4 is 10.1 Å². The number of hydrogen-bond acceptors (Lipinski definition) is 4. The van der Waals surface area contributed by atoms with Crippen LogP contribution in [0.25, 0.3) is 0 Å². The third-order valence-electron chi connectivity index (χ3n) is 5.37. The molecule has 3 rings (SSSR count). The van der Waals surface area contributed by atoms with Crippen LogP contribution in [-0.4, -0.2) is 55.9 Å². The summed E-state index contributed by atoms with van der Waals surface area (Å²) >= 11 is 0. The van der Waals surface area contributed by atoms with Gasteiger partial charge < -0.3 is 15.0 Å². The molecule has 0 radical (unpaired) electrons. The van der Waals surface area contributed by atoms with E-state index in [1.807, 2.05) is 30.1 Å². The highest BCUT2D eigenvalue weighted by Crippen LogP contribution is 2.33. The van der Waals surface area contributed by atoms with Crippen LogP contribution in [0.4, 0.5) is 5.69 Å². The van der Waals surface area contributed by atoms with Gasteiger partial charge in [-0.3, -0.25) is 14.5 Å². The van der Waals surface area contributed by atoms with E-state index in [1.54, 1.807) is 31.2 Å². The Hall–Kier alpha value is -2.86. The Morgan fingerprint density at radius 2 is 1.90 bits per heavy atom.